The normalized spacial score (nSPS) is 19.6. The Hall–Kier alpha value is -2.95. The van der Waals surface area contributed by atoms with Gasteiger partial charge in [-0.1, -0.05) is 6.07 Å². The first-order chi connectivity index (χ1) is 12.1. The number of nitrogens with one attached hydrogen (secondary N) is 2. The molecule has 1 atom stereocenters. The molecule has 0 aliphatic carbocycles. The molecule has 0 saturated carbocycles. The summed E-state index contributed by atoms with van der Waals surface area (Å²) in [7, 11) is 0. The molecule has 7 heteroatoms. The van der Waals surface area contributed by atoms with Crippen molar-refractivity contribution in [2.24, 2.45) is 0 Å². The number of nitrogens with zero attached hydrogens (tertiary/aromatic N) is 2. The van der Waals surface area contributed by atoms with Gasteiger partial charge in [0.25, 0.3) is 0 Å². The van der Waals surface area contributed by atoms with E-state index in [4.69, 9.17) is 10.00 Å². The maximum absolute atomic E-state index is 12.0. The topological polar surface area (TPSA) is 90.8 Å². The second-order valence-electron chi connectivity index (χ2n) is 5.87. The highest BCUT2D eigenvalue weighted by Crippen LogP contribution is 2.41. The fourth-order valence-electron chi connectivity index (χ4n) is 2.95. The van der Waals surface area contributed by atoms with Gasteiger partial charge in [0, 0.05) is 28.5 Å². The summed E-state index contributed by atoms with van der Waals surface area (Å²) < 4.78 is 5.96. The maximum Gasteiger partial charge on any atom is 0.250 e. The lowest BCUT2D eigenvalue weighted by molar-refractivity contribution is -0.124. The first-order valence-electron chi connectivity index (χ1n) is 7.68. The molecule has 2 N–H and O–H groups in total. The number of carbonyl (C=O) groups excluding carboxylic acids is 1. The number of aromatic nitrogens is 2. The summed E-state index contributed by atoms with van der Waals surface area (Å²) in [4.78, 5) is 19.5. The van der Waals surface area contributed by atoms with Crippen molar-refractivity contribution in [3.63, 3.8) is 0 Å². The molecule has 0 fully saturated rings. The van der Waals surface area contributed by atoms with E-state index in [2.05, 4.69) is 21.4 Å². The van der Waals surface area contributed by atoms with Gasteiger partial charge in [0.2, 0.25) is 5.91 Å². The van der Waals surface area contributed by atoms with Crippen LogP contribution in [0.4, 0.5) is 5.69 Å². The van der Waals surface area contributed by atoms with Gasteiger partial charge in [0.1, 0.15) is 29.0 Å². The monoisotopic (exact) mass is 350 g/mol. The van der Waals surface area contributed by atoms with Crippen LogP contribution >= 0.6 is 11.3 Å². The van der Waals surface area contributed by atoms with E-state index in [1.54, 1.807) is 12.3 Å². The quantitative estimate of drug-likeness (QED) is 0.742. The van der Waals surface area contributed by atoms with Crippen molar-refractivity contribution in [3.05, 3.63) is 58.2 Å². The van der Waals surface area contributed by atoms with Crippen LogP contribution in [-0.2, 0) is 15.1 Å². The first-order valence-corrected chi connectivity index (χ1v) is 8.56. The lowest BCUT2D eigenvalue weighted by Gasteiger charge is -2.27. The number of anilines is 1. The molecular weight excluding hydrogens is 336 g/mol. The highest BCUT2D eigenvalue weighted by atomic mass is 32.1. The molecular formula is C18H14N4O2S. The van der Waals surface area contributed by atoms with Crippen LogP contribution in [-0.4, -0.2) is 22.5 Å². The predicted molar refractivity (Wildman–Crippen MR) is 94.1 cm³/mol. The number of hydrogen-bond acceptors (Lipinski definition) is 5. The molecule has 1 aromatic carbocycles. The van der Waals surface area contributed by atoms with Crippen LogP contribution in [0.2, 0.25) is 0 Å². The van der Waals surface area contributed by atoms with E-state index in [0.29, 0.717) is 11.4 Å². The summed E-state index contributed by atoms with van der Waals surface area (Å²) >= 11 is 1.49. The van der Waals surface area contributed by atoms with Crippen LogP contribution < -0.4 is 5.32 Å². The molecule has 1 unspecified atom stereocenters. The van der Waals surface area contributed by atoms with Crippen molar-refractivity contribution in [1.82, 2.24) is 9.97 Å². The van der Waals surface area contributed by atoms with Gasteiger partial charge in [-0.3, -0.25) is 4.79 Å². The van der Waals surface area contributed by atoms with Crippen molar-refractivity contribution in [2.45, 2.75) is 12.5 Å². The third-order valence-corrected chi connectivity index (χ3v) is 5.23. The molecule has 0 radical (unpaired) electrons. The molecule has 3 heterocycles. The Labute approximate surface area is 148 Å². The summed E-state index contributed by atoms with van der Waals surface area (Å²) in [5.74, 6) is -0.194. The van der Waals surface area contributed by atoms with E-state index in [9.17, 15) is 4.79 Å². The van der Waals surface area contributed by atoms with E-state index >= 15 is 0 Å². The van der Waals surface area contributed by atoms with Gasteiger partial charge in [0.15, 0.2) is 0 Å². The van der Waals surface area contributed by atoms with Gasteiger partial charge >= 0.3 is 0 Å². The molecule has 6 nitrogen and oxygen atoms in total. The van der Waals surface area contributed by atoms with Gasteiger partial charge in [-0.25, -0.2) is 4.98 Å². The number of thiazole rings is 1. The van der Waals surface area contributed by atoms with Gasteiger partial charge in [-0.05, 0) is 36.8 Å². The van der Waals surface area contributed by atoms with E-state index in [1.165, 1.54) is 11.3 Å². The van der Waals surface area contributed by atoms with Crippen LogP contribution in [0.15, 0.2) is 41.9 Å². The minimum Gasteiger partial charge on any atom is -0.353 e. The van der Waals surface area contributed by atoms with Crippen molar-refractivity contribution in [3.8, 4) is 17.3 Å². The zero-order chi connectivity index (χ0) is 17.4. The van der Waals surface area contributed by atoms with Crippen LogP contribution in [0, 0.1) is 11.3 Å². The zero-order valence-electron chi connectivity index (χ0n) is 13.4. The predicted octanol–water partition coefficient (Wildman–Crippen LogP) is 3.24. The molecule has 2 aromatic heterocycles. The van der Waals surface area contributed by atoms with Crippen molar-refractivity contribution < 1.29 is 9.53 Å². The number of ether oxygens (including phenoxy) is 1. The Morgan fingerprint density at radius 2 is 2.24 bits per heavy atom. The van der Waals surface area contributed by atoms with E-state index in [1.807, 2.05) is 36.6 Å². The molecule has 1 aliphatic heterocycles. The van der Waals surface area contributed by atoms with Crippen molar-refractivity contribution in [2.75, 3.05) is 11.9 Å². The summed E-state index contributed by atoms with van der Waals surface area (Å²) in [5, 5.41) is 14.6. The zero-order valence-corrected chi connectivity index (χ0v) is 14.2. The number of fused-ring (bicyclic) bond motifs is 1. The molecule has 124 valence electrons. The third-order valence-electron chi connectivity index (χ3n) is 4.26. The molecule has 0 saturated heterocycles. The first kappa shape index (κ1) is 15.6. The number of aromatic amines is 1. The Kier molecular flexibility index (Phi) is 3.64. The standard InChI is InChI=1S/C18H14N4O2S/c1-18(17-20-6-7-25-17)13-8-11(14-5-3-12(9-19)21-14)2-4-15(13)22-16(23)10-24-18/h2-8,21H,10H2,1H3,(H,22,23). The SMILES string of the molecule is CC1(c2nccs2)OCC(=O)Nc2ccc(-c3ccc(C#N)[nH]3)cc21. The highest BCUT2D eigenvalue weighted by molar-refractivity contribution is 7.09. The number of benzene rings is 1. The van der Waals surface area contributed by atoms with Crippen LogP contribution in [0.3, 0.4) is 0 Å². The number of rotatable bonds is 2. The lowest BCUT2D eigenvalue weighted by Crippen LogP contribution is -2.28. The maximum atomic E-state index is 12.0. The Morgan fingerprint density at radius 3 is 2.96 bits per heavy atom. The molecule has 3 aromatic rings. The van der Waals surface area contributed by atoms with Gasteiger partial charge in [-0.2, -0.15) is 5.26 Å². The number of carbonyl (C=O) groups is 1. The van der Waals surface area contributed by atoms with Crippen LogP contribution in [0.25, 0.3) is 11.3 Å². The van der Waals surface area contributed by atoms with Crippen LogP contribution in [0.1, 0.15) is 23.2 Å². The fourth-order valence-corrected chi connectivity index (χ4v) is 3.72. The summed E-state index contributed by atoms with van der Waals surface area (Å²) in [6.45, 7) is 1.88. The Bertz CT molecular complexity index is 987. The second-order valence-corrected chi connectivity index (χ2v) is 6.76. The Balaban J connectivity index is 1.89. The third kappa shape index (κ3) is 2.61. The molecule has 1 amide bonds. The average Bonchev–Trinajstić information content (AvgIpc) is 3.30. The number of amides is 1. The smallest absolute Gasteiger partial charge is 0.250 e. The minimum absolute atomic E-state index is 0.0405. The Morgan fingerprint density at radius 1 is 1.36 bits per heavy atom. The molecule has 0 bridgehead atoms. The second kappa shape index (κ2) is 5.84. The van der Waals surface area contributed by atoms with E-state index in [-0.39, 0.29) is 12.5 Å². The molecule has 25 heavy (non-hydrogen) atoms. The van der Waals surface area contributed by atoms with Crippen molar-refractivity contribution >= 4 is 22.9 Å². The van der Waals surface area contributed by atoms with Crippen molar-refractivity contribution in [1.29, 1.82) is 5.26 Å². The highest BCUT2D eigenvalue weighted by Gasteiger charge is 2.38. The fraction of sp³-hybridized carbons (Fsp3) is 0.167. The van der Waals surface area contributed by atoms with E-state index < -0.39 is 5.60 Å². The van der Waals surface area contributed by atoms with Gasteiger partial charge in [-0.15, -0.1) is 11.3 Å². The van der Waals surface area contributed by atoms with Gasteiger partial charge in [0.05, 0.1) is 0 Å². The number of hydrogen-bond donors (Lipinski definition) is 2. The number of nitriles is 1. The largest absolute Gasteiger partial charge is 0.353 e. The summed E-state index contributed by atoms with van der Waals surface area (Å²) in [5.41, 5.74) is 2.94. The molecule has 1 aliphatic rings. The summed E-state index contributed by atoms with van der Waals surface area (Å²) in [6, 6.07) is 11.4. The number of H-pyrrole nitrogens is 1. The molecule has 4 rings (SSSR count). The minimum atomic E-state index is -0.830. The average molecular weight is 350 g/mol. The summed E-state index contributed by atoms with van der Waals surface area (Å²) in [6.07, 6.45) is 1.72. The molecule has 0 spiro atoms. The van der Waals surface area contributed by atoms with Crippen LogP contribution in [0.5, 0.6) is 0 Å². The van der Waals surface area contributed by atoms with Gasteiger partial charge < -0.3 is 15.0 Å². The van der Waals surface area contributed by atoms with E-state index in [0.717, 1.165) is 21.8 Å². The lowest BCUT2D eigenvalue weighted by atomic mass is 9.92.